The minimum absolute atomic E-state index is 0.252. The van der Waals surface area contributed by atoms with Gasteiger partial charge in [-0.25, -0.2) is 13.1 Å². The third-order valence-electron chi connectivity index (χ3n) is 7.32. The second-order valence-electron chi connectivity index (χ2n) is 10.4. The number of benzene rings is 1. The number of amides is 2. The van der Waals surface area contributed by atoms with Crippen molar-refractivity contribution >= 4 is 27.5 Å². The molecule has 0 spiro atoms. The van der Waals surface area contributed by atoms with Gasteiger partial charge in [0.2, 0.25) is 5.91 Å². The monoisotopic (exact) mass is 530 g/mol. The van der Waals surface area contributed by atoms with Crippen molar-refractivity contribution in [2.75, 3.05) is 37.1 Å². The number of fused-ring (bicyclic) bond motifs is 3. The van der Waals surface area contributed by atoms with E-state index in [1.165, 1.54) is 0 Å². The molecule has 1 saturated carbocycles. The van der Waals surface area contributed by atoms with Crippen molar-refractivity contribution in [2.45, 2.75) is 57.0 Å². The van der Waals surface area contributed by atoms with Crippen LogP contribution in [0.2, 0.25) is 0 Å². The molecule has 2 atom stereocenters. The Morgan fingerprint density at radius 1 is 1.30 bits per heavy atom. The van der Waals surface area contributed by atoms with Gasteiger partial charge in [-0.2, -0.15) is 5.10 Å². The molecule has 10 nitrogen and oxygen atoms in total. The number of hydrogen-bond acceptors (Lipinski definition) is 7. The smallest absolute Gasteiger partial charge is 0.257 e. The Hall–Kier alpha value is -2.92. The second kappa shape index (κ2) is 10.1. The maximum absolute atomic E-state index is 13.6. The molecular formula is C26H34N4O6S. The van der Waals surface area contributed by atoms with E-state index in [1.807, 2.05) is 24.3 Å². The van der Waals surface area contributed by atoms with Gasteiger partial charge in [-0.1, -0.05) is 38.3 Å². The SMILES string of the molecule is CCCCOc1ccc([C@]23COC[C@H]2c2nn(CCC4CC4)c(NC(=O)CS(C)(=O)=O)c2C(=O)N3)cc1. The number of carbonyl (C=O) groups is 2. The molecule has 0 unspecified atom stereocenters. The summed E-state index contributed by atoms with van der Waals surface area (Å²) in [4.78, 5) is 26.1. The predicted molar refractivity (Wildman–Crippen MR) is 137 cm³/mol. The molecule has 200 valence electrons. The Labute approximate surface area is 217 Å². The first-order valence-electron chi connectivity index (χ1n) is 12.9. The highest BCUT2D eigenvalue weighted by Gasteiger charge is 2.54. The average Bonchev–Trinajstić information content (AvgIpc) is 3.46. The summed E-state index contributed by atoms with van der Waals surface area (Å²) in [6.07, 6.45) is 6.24. The summed E-state index contributed by atoms with van der Waals surface area (Å²) < 4.78 is 36.7. The first-order valence-corrected chi connectivity index (χ1v) is 15.0. The zero-order chi connectivity index (χ0) is 26.2. The van der Waals surface area contributed by atoms with Gasteiger partial charge in [0, 0.05) is 12.8 Å². The molecule has 0 radical (unpaired) electrons. The van der Waals surface area contributed by atoms with Crippen LogP contribution in [0.3, 0.4) is 0 Å². The average molecular weight is 531 g/mol. The number of sulfone groups is 1. The van der Waals surface area contributed by atoms with Gasteiger partial charge in [-0.15, -0.1) is 0 Å². The summed E-state index contributed by atoms with van der Waals surface area (Å²) in [6.45, 7) is 3.95. The lowest BCUT2D eigenvalue weighted by atomic mass is 9.75. The molecule has 1 aliphatic carbocycles. The van der Waals surface area contributed by atoms with E-state index in [2.05, 4.69) is 17.6 Å². The molecule has 2 aliphatic heterocycles. The number of aryl methyl sites for hydroxylation is 1. The molecule has 5 rings (SSSR count). The summed E-state index contributed by atoms with van der Waals surface area (Å²) >= 11 is 0. The number of anilines is 1. The van der Waals surface area contributed by atoms with Crippen LogP contribution in [-0.2, 0) is 31.5 Å². The van der Waals surface area contributed by atoms with E-state index in [1.54, 1.807) is 4.68 Å². The Bertz CT molecular complexity index is 1280. The fourth-order valence-corrected chi connectivity index (χ4v) is 5.72. The standard InChI is InChI=1S/C26H34N4O6S/c1-3-4-13-36-19-9-7-18(8-10-19)26-16-35-14-20(26)23-22(25(32)28-26)24(27-21(31)15-37(2,33)34)30(29-23)12-11-17-5-6-17/h7-10,17,20H,3-6,11-16H2,1-2H3,(H,27,31)(H,28,32)/t20-,26+/m0/s1. The van der Waals surface area contributed by atoms with E-state index in [-0.39, 0.29) is 23.2 Å². The molecule has 2 fully saturated rings. The van der Waals surface area contributed by atoms with Crippen LogP contribution in [-0.4, -0.2) is 61.8 Å². The summed E-state index contributed by atoms with van der Waals surface area (Å²) in [5, 5.41) is 10.7. The third-order valence-corrected chi connectivity index (χ3v) is 8.10. The zero-order valence-corrected chi connectivity index (χ0v) is 22.1. The summed E-state index contributed by atoms with van der Waals surface area (Å²) in [5.41, 5.74) is 0.945. The summed E-state index contributed by atoms with van der Waals surface area (Å²) in [7, 11) is -3.53. The molecule has 1 aromatic heterocycles. The minimum Gasteiger partial charge on any atom is -0.494 e. The first kappa shape index (κ1) is 25.7. The Morgan fingerprint density at radius 3 is 2.73 bits per heavy atom. The summed E-state index contributed by atoms with van der Waals surface area (Å²) in [6, 6.07) is 7.71. The van der Waals surface area contributed by atoms with Crippen molar-refractivity contribution in [3.05, 3.63) is 41.1 Å². The number of hydrogen-bond donors (Lipinski definition) is 2. The van der Waals surface area contributed by atoms with Gasteiger partial charge >= 0.3 is 0 Å². The highest BCUT2D eigenvalue weighted by Crippen LogP contribution is 2.47. The first-order chi connectivity index (χ1) is 17.7. The van der Waals surface area contributed by atoms with E-state index in [0.29, 0.717) is 38.0 Å². The molecule has 1 aromatic carbocycles. The second-order valence-corrected chi connectivity index (χ2v) is 12.5. The number of ether oxygens (including phenoxy) is 2. The minimum atomic E-state index is -3.53. The van der Waals surface area contributed by atoms with Gasteiger partial charge in [0.1, 0.15) is 22.9 Å². The number of unbranched alkanes of at least 4 members (excludes halogenated alkanes) is 1. The molecular weight excluding hydrogens is 496 g/mol. The van der Waals surface area contributed by atoms with Gasteiger partial charge < -0.3 is 20.1 Å². The maximum atomic E-state index is 13.6. The molecule has 3 heterocycles. The van der Waals surface area contributed by atoms with E-state index in [9.17, 15) is 18.0 Å². The largest absolute Gasteiger partial charge is 0.494 e. The van der Waals surface area contributed by atoms with Gasteiger partial charge in [-0.05, 0) is 36.5 Å². The molecule has 0 bridgehead atoms. The van der Waals surface area contributed by atoms with Crippen LogP contribution in [0, 0.1) is 5.92 Å². The van der Waals surface area contributed by atoms with Crippen molar-refractivity contribution in [1.82, 2.24) is 15.1 Å². The van der Waals surface area contributed by atoms with E-state index < -0.39 is 27.0 Å². The van der Waals surface area contributed by atoms with Crippen molar-refractivity contribution in [3.8, 4) is 5.75 Å². The molecule has 11 heteroatoms. The lowest BCUT2D eigenvalue weighted by molar-refractivity contribution is -0.113. The molecule has 2 amide bonds. The number of nitrogens with one attached hydrogen (secondary N) is 2. The lowest BCUT2D eigenvalue weighted by Gasteiger charge is -2.38. The van der Waals surface area contributed by atoms with E-state index in [0.717, 1.165) is 49.7 Å². The Balaban J connectivity index is 1.48. The van der Waals surface area contributed by atoms with Gasteiger partial charge in [0.25, 0.3) is 5.91 Å². The lowest BCUT2D eigenvalue weighted by Crippen LogP contribution is -2.53. The number of aromatic nitrogens is 2. The highest BCUT2D eigenvalue weighted by molar-refractivity contribution is 7.91. The van der Waals surface area contributed by atoms with Crippen molar-refractivity contribution in [2.24, 2.45) is 5.92 Å². The molecule has 37 heavy (non-hydrogen) atoms. The van der Waals surface area contributed by atoms with Crippen molar-refractivity contribution < 1.29 is 27.5 Å². The fraction of sp³-hybridized carbons (Fsp3) is 0.577. The van der Waals surface area contributed by atoms with Crippen LogP contribution in [0.5, 0.6) is 5.75 Å². The van der Waals surface area contributed by atoms with Crippen LogP contribution < -0.4 is 15.4 Å². The van der Waals surface area contributed by atoms with Gasteiger partial charge in [-0.3, -0.25) is 9.59 Å². The fourth-order valence-electron chi connectivity index (χ4n) is 5.18. The van der Waals surface area contributed by atoms with Crippen LogP contribution in [0.1, 0.15) is 66.6 Å². The third kappa shape index (κ3) is 5.38. The molecule has 2 aromatic rings. The van der Waals surface area contributed by atoms with Crippen LogP contribution >= 0.6 is 0 Å². The summed E-state index contributed by atoms with van der Waals surface area (Å²) in [5.74, 6) is -0.355. The molecule has 1 saturated heterocycles. The van der Waals surface area contributed by atoms with Crippen LogP contribution in [0.15, 0.2) is 24.3 Å². The number of rotatable bonds is 11. The highest BCUT2D eigenvalue weighted by atomic mass is 32.2. The van der Waals surface area contributed by atoms with Gasteiger partial charge in [0.15, 0.2) is 9.84 Å². The van der Waals surface area contributed by atoms with Crippen molar-refractivity contribution in [1.29, 1.82) is 0 Å². The number of carbonyl (C=O) groups excluding carboxylic acids is 2. The van der Waals surface area contributed by atoms with Crippen LogP contribution in [0.4, 0.5) is 5.82 Å². The van der Waals surface area contributed by atoms with E-state index >= 15 is 0 Å². The number of nitrogens with zero attached hydrogens (tertiary/aromatic N) is 2. The zero-order valence-electron chi connectivity index (χ0n) is 21.3. The van der Waals surface area contributed by atoms with E-state index in [4.69, 9.17) is 14.6 Å². The van der Waals surface area contributed by atoms with Crippen molar-refractivity contribution in [3.63, 3.8) is 0 Å². The Kier molecular flexibility index (Phi) is 7.01. The van der Waals surface area contributed by atoms with Crippen LogP contribution in [0.25, 0.3) is 0 Å². The normalized spacial score (nSPS) is 22.8. The quantitative estimate of drug-likeness (QED) is 0.427. The topological polar surface area (TPSA) is 129 Å². The Morgan fingerprint density at radius 2 is 2.05 bits per heavy atom. The predicted octanol–water partition coefficient (Wildman–Crippen LogP) is 2.60. The molecule has 2 N–H and O–H groups in total. The molecule has 3 aliphatic rings. The van der Waals surface area contributed by atoms with Gasteiger partial charge in [0.05, 0.1) is 37.0 Å². The maximum Gasteiger partial charge on any atom is 0.257 e.